The predicted molar refractivity (Wildman–Crippen MR) is 100 cm³/mol. The summed E-state index contributed by atoms with van der Waals surface area (Å²) in [7, 11) is 0. The highest BCUT2D eigenvalue weighted by Crippen LogP contribution is 2.47. The molecular formula is C20H26FN3O4. The number of rotatable bonds is 7. The topological polar surface area (TPSA) is 111 Å². The van der Waals surface area contributed by atoms with Gasteiger partial charge in [-0.2, -0.15) is 0 Å². The summed E-state index contributed by atoms with van der Waals surface area (Å²) < 4.78 is 26.2. The average Bonchev–Trinajstić information content (AvgIpc) is 2.69. The van der Waals surface area contributed by atoms with E-state index in [1.54, 1.807) is 12.1 Å². The van der Waals surface area contributed by atoms with Gasteiger partial charge in [0.05, 0.1) is 36.6 Å². The van der Waals surface area contributed by atoms with E-state index < -0.39 is 17.5 Å². The van der Waals surface area contributed by atoms with E-state index in [1.165, 1.54) is 0 Å². The van der Waals surface area contributed by atoms with E-state index >= 15 is 0 Å². The summed E-state index contributed by atoms with van der Waals surface area (Å²) >= 11 is 0. The van der Waals surface area contributed by atoms with Gasteiger partial charge in [-0.1, -0.05) is 0 Å². The molecule has 5 rings (SSSR count). The van der Waals surface area contributed by atoms with Crippen LogP contribution in [0.4, 0.5) is 4.39 Å². The van der Waals surface area contributed by atoms with Crippen molar-refractivity contribution >= 4 is 11.0 Å². The number of aromatic nitrogens is 2. The third-order valence-corrected chi connectivity index (χ3v) is 5.95. The highest BCUT2D eigenvalue weighted by Gasteiger charge is 2.49. The summed E-state index contributed by atoms with van der Waals surface area (Å²) in [6.07, 6.45) is 4.01. The number of pyridine rings is 2. The van der Waals surface area contributed by atoms with Crippen molar-refractivity contribution in [2.75, 3.05) is 19.8 Å². The lowest BCUT2D eigenvalue weighted by Crippen LogP contribution is -2.59. The number of nitrogens with two attached hydrogens (primary N) is 1. The molecule has 2 aliphatic heterocycles. The molecule has 3 fully saturated rings. The summed E-state index contributed by atoms with van der Waals surface area (Å²) in [4.78, 5) is 8.43. The number of ether oxygens (including phenoxy) is 2. The van der Waals surface area contributed by atoms with Crippen LogP contribution in [-0.2, 0) is 4.74 Å². The van der Waals surface area contributed by atoms with Crippen molar-refractivity contribution in [2.45, 2.75) is 55.8 Å². The maximum Gasteiger partial charge on any atom is 0.213 e. The van der Waals surface area contributed by atoms with E-state index in [2.05, 4.69) is 9.97 Å². The molecule has 2 bridgehead atoms. The second kappa shape index (κ2) is 7.51. The minimum atomic E-state index is -1.07. The lowest BCUT2D eigenvalue weighted by atomic mass is 9.69. The Kier molecular flexibility index (Phi) is 5.22. The van der Waals surface area contributed by atoms with Crippen LogP contribution < -0.4 is 10.5 Å². The molecule has 2 saturated heterocycles. The van der Waals surface area contributed by atoms with E-state index in [9.17, 15) is 9.50 Å². The zero-order valence-electron chi connectivity index (χ0n) is 15.7. The van der Waals surface area contributed by atoms with E-state index in [4.69, 9.17) is 20.3 Å². The summed E-state index contributed by atoms with van der Waals surface area (Å²) in [5, 5.41) is 19.8. The Balaban J connectivity index is 1.61. The molecule has 0 aromatic carbocycles. The van der Waals surface area contributed by atoms with Crippen LogP contribution in [0.25, 0.3) is 11.0 Å². The van der Waals surface area contributed by atoms with Crippen LogP contribution in [0.2, 0.25) is 0 Å². The minimum absolute atomic E-state index is 0.0138. The van der Waals surface area contributed by atoms with Gasteiger partial charge in [0.2, 0.25) is 5.88 Å². The molecule has 1 unspecified atom stereocenters. The van der Waals surface area contributed by atoms with Gasteiger partial charge in [-0.25, -0.2) is 9.37 Å². The Morgan fingerprint density at radius 2 is 2.07 bits per heavy atom. The summed E-state index contributed by atoms with van der Waals surface area (Å²) in [5.74, 6) is -0.296. The first-order chi connectivity index (χ1) is 13.4. The van der Waals surface area contributed by atoms with Crippen molar-refractivity contribution in [3.05, 3.63) is 29.7 Å². The van der Waals surface area contributed by atoms with Gasteiger partial charge in [0.25, 0.3) is 0 Å². The standard InChI is InChI=1S/C20H26FN3O4/c21-13-11-23-14-2-3-16(27-9-1-8-25)24-18(14)17(13)15(26)10-20-6-4-19(22,5-7-20)12-28-20/h2-3,11,15,25-26H,1,4-10,12,22H2. The number of hydrogen-bond donors (Lipinski definition) is 3. The van der Waals surface area contributed by atoms with Gasteiger partial charge in [0.15, 0.2) is 0 Å². The van der Waals surface area contributed by atoms with Crippen LogP contribution in [0.3, 0.4) is 0 Å². The van der Waals surface area contributed by atoms with E-state index in [0.717, 1.165) is 31.9 Å². The molecular weight excluding hydrogens is 365 g/mol. The minimum Gasteiger partial charge on any atom is -0.478 e. The number of hydrogen-bond acceptors (Lipinski definition) is 7. The molecule has 4 N–H and O–H groups in total. The molecule has 4 heterocycles. The van der Waals surface area contributed by atoms with Gasteiger partial charge in [0.1, 0.15) is 11.3 Å². The second-order valence-corrected chi connectivity index (χ2v) is 8.02. The maximum absolute atomic E-state index is 14.7. The van der Waals surface area contributed by atoms with Crippen molar-refractivity contribution in [2.24, 2.45) is 5.73 Å². The molecule has 28 heavy (non-hydrogen) atoms. The van der Waals surface area contributed by atoms with Crippen LogP contribution in [-0.4, -0.2) is 51.1 Å². The first kappa shape index (κ1) is 19.4. The molecule has 0 amide bonds. The highest BCUT2D eigenvalue weighted by atomic mass is 19.1. The van der Waals surface area contributed by atoms with Gasteiger partial charge in [-0.3, -0.25) is 4.98 Å². The molecule has 1 aliphatic carbocycles. The number of nitrogens with zero attached hydrogens (tertiary/aromatic N) is 2. The second-order valence-electron chi connectivity index (χ2n) is 8.02. The Labute approximate surface area is 162 Å². The Morgan fingerprint density at radius 1 is 1.29 bits per heavy atom. The maximum atomic E-state index is 14.7. The fourth-order valence-corrected chi connectivity index (χ4v) is 4.19. The lowest BCUT2D eigenvalue weighted by molar-refractivity contribution is -0.168. The Bertz CT molecular complexity index is 838. The van der Waals surface area contributed by atoms with Crippen molar-refractivity contribution in [1.29, 1.82) is 0 Å². The van der Waals surface area contributed by atoms with Crippen LogP contribution in [0.5, 0.6) is 5.88 Å². The van der Waals surface area contributed by atoms with Crippen LogP contribution >= 0.6 is 0 Å². The largest absolute Gasteiger partial charge is 0.478 e. The van der Waals surface area contributed by atoms with Gasteiger partial charge in [0, 0.05) is 36.6 Å². The number of aliphatic hydroxyl groups is 2. The molecule has 152 valence electrons. The summed E-state index contributed by atoms with van der Waals surface area (Å²) in [6.45, 7) is 0.785. The first-order valence-electron chi connectivity index (χ1n) is 9.73. The normalized spacial score (nSPS) is 27.9. The lowest BCUT2D eigenvalue weighted by Gasteiger charge is -2.52. The zero-order chi connectivity index (χ0) is 19.8. The fraction of sp³-hybridized carbons (Fsp3) is 0.600. The van der Waals surface area contributed by atoms with Crippen molar-refractivity contribution in [3.63, 3.8) is 0 Å². The molecule has 2 aromatic rings. The number of aliphatic hydroxyl groups excluding tert-OH is 2. The molecule has 2 aromatic heterocycles. The fourth-order valence-electron chi connectivity index (χ4n) is 4.19. The predicted octanol–water partition coefficient (Wildman–Crippen LogP) is 1.99. The van der Waals surface area contributed by atoms with Crippen molar-refractivity contribution in [3.8, 4) is 5.88 Å². The molecule has 8 heteroatoms. The molecule has 0 radical (unpaired) electrons. The average molecular weight is 391 g/mol. The quantitative estimate of drug-likeness (QED) is 0.619. The van der Waals surface area contributed by atoms with Gasteiger partial charge >= 0.3 is 0 Å². The van der Waals surface area contributed by atoms with Crippen LogP contribution in [0, 0.1) is 5.82 Å². The van der Waals surface area contributed by atoms with Gasteiger partial charge in [-0.05, 0) is 31.7 Å². The molecule has 3 aliphatic rings. The smallest absolute Gasteiger partial charge is 0.213 e. The molecule has 0 spiro atoms. The van der Waals surface area contributed by atoms with Crippen LogP contribution in [0.15, 0.2) is 18.3 Å². The first-order valence-corrected chi connectivity index (χ1v) is 9.73. The van der Waals surface area contributed by atoms with Crippen LogP contribution in [0.1, 0.15) is 50.2 Å². The van der Waals surface area contributed by atoms with Gasteiger partial charge in [-0.15, -0.1) is 0 Å². The third-order valence-electron chi connectivity index (χ3n) is 5.95. The molecule has 7 nitrogen and oxygen atoms in total. The van der Waals surface area contributed by atoms with E-state index in [0.29, 0.717) is 31.0 Å². The highest BCUT2D eigenvalue weighted by molar-refractivity contribution is 5.78. The molecule has 1 saturated carbocycles. The summed E-state index contributed by atoms with van der Waals surface area (Å²) in [6, 6.07) is 3.33. The van der Waals surface area contributed by atoms with E-state index in [1.807, 2.05) is 0 Å². The Morgan fingerprint density at radius 3 is 2.75 bits per heavy atom. The zero-order valence-corrected chi connectivity index (χ0v) is 15.7. The number of fused-ring (bicyclic) bond motifs is 4. The monoisotopic (exact) mass is 391 g/mol. The SMILES string of the molecule is NC12CCC(CC(O)c3c(F)cnc4ccc(OCCCO)nc34)(CC1)OC2. The Hall–Kier alpha value is -1.87. The van der Waals surface area contributed by atoms with Crippen molar-refractivity contribution in [1.82, 2.24) is 9.97 Å². The van der Waals surface area contributed by atoms with E-state index in [-0.39, 0.29) is 29.6 Å². The summed E-state index contributed by atoms with van der Waals surface area (Å²) in [5.41, 5.74) is 6.41. The third kappa shape index (κ3) is 3.69. The van der Waals surface area contributed by atoms with Crippen molar-refractivity contribution < 1.29 is 24.1 Å². The van der Waals surface area contributed by atoms with Gasteiger partial charge < -0.3 is 25.4 Å². The number of halogens is 1. The molecule has 1 atom stereocenters.